The highest BCUT2D eigenvalue weighted by Gasteiger charge is 2.37. The molecule has 2 heterocycles. The van der Waals surface area contributed by atoms with Gasteiger partial charge < -0.3 is 19.7 Å². The molecule has 0 saturated carbocycles. The van der Waals surface area contributed by atoms with E-state index in [2.05, 4.69) is 5.32 Å². The van der Waals surface area contributed by atoms with E-state index in [1.165, 1.54) is 0 Å². The van der Waals surface area contributed by atoms with Gasteiger partial charge in [-0.15, -0.1) is 0 Å². The summed E-state index contributed by atoms with van der Waals surface area (Å²) >= 11 is 0. The highest BCUT2D eigenvalue weighted by molar-refractivity contribution is 5.89. The largest absolute Gasteiger partial charge is 0.497 e. The van der Waals surface area contributed by atoms with Crippen LogP contribution in [-0.2, 0) is 9.59 Å². The van der Waals surface area contributed by atoms with Gasteiger partial charge in [-0.2, -0.15) is 0 Å². The van der Waals surface area contributed by atoms with Crippen LogP contribution >= 0.6 is 0 Å². The second-order valence-corrected chi connectivity index (χ2v) is 9.65. The lowest BCUT2D eigenvalue weighted by Crippen LogP contribution is -2.52. The second-order valence-electron chi connectivity index (χ2n) is 9.65. The van der Waals surface area contributed by atoms with Crippen molar-refractivity contribution in [1.82, 2.24) is 15.2 Å². The van der Waals surface area contributed by atoms with Crippen LogP contribution in [0.1, 0.15) is 27.2 Å². The molecule has 2 atom stereocenters. The number of hydrogen-bond acceptors (Lipinski definition) is 5. The fourth-order valence-electron chi connectivity index (χ4n) is 4.30. The van der Waals surface area contributed by atoms with Crippen molar-refractivity contribution in [3.8, 4) is 22.8 Å². The molecule has 0 bridgehead atoms. The summed E-state index contributed by atoms with van der Waals surface area (Å²) in [5.74, 6) is 1.37. The molecule has 178 valence electrons. The van der Waals surface area contributed by atoms with Gasteiger partial charge in [0.05, 0.1) is 24.9 Å². The van der Waals surface area contributed by atoms with E-state index in [-0.39, 0.29) is 17.4 Å². The number of methoxy groups -OCH3 is 1. The number of carbonyl (C=O) groups excluding carboxylic acids is 2. The standard InChI is InChI=1S/C27H31N3O4/c1-27(2,3)25(28-17-31)26(32)30-13-12-20(16-30)34-24-15-22(18-8-6-5-7-9-18)29-23-14-19(33-4)10-11-21(23)24/h5-11,14-15,17,20,25H,12-13,16H2,1-4H3,(H,28,31)/t20?,25-/m1/s1. The van der Waals surface area contributed by atoms with Crippen LogP contribution in [0.25, 0.3) is 22.2 Å². The van der Waals surface area contributed by atoms with Gasteiger partial charge in [0, 0.05) is 36.0 Å². The number of hydrogen-bond donors (Lipinski definition) is 1. The molecule has 1 unspecified atom stereocenters. The average molecular weight is 462 g/mol. The van der Waals surface area contributed by atoms with E-state index in [0.717, 1.165) is 33.7 Å². The summed E-state index contributed by atoms with van der Waals surface area (Å²) in [4.78, 5) is 30.8. The number of aromatic nitrogens is 1. The van der Waals surface area contributed by atoms with Gasteiger partial charge in [-0.3, -0.25) is 9.59 Å². The minimum Gasteiger partial charge on any atom is -0.497 e. The van der Waals surface area contributed by atoms with E-state index in [9.17, 15) is 9.59 Å². The second kappa shape index (κ2) is 9.71. The lowest BCUT2D eigenvalue weighted by atomic mass is 9.86. The smallest absolute Gasteiger partial charge is 0.245 e. The summed E-state index contributed by atoms with van der Waals surface area (Å²) in [5.41, 5.74) is 2.20. The molecule has 1 saturated heterocycles. The molecule has 4 rings (SSSR count). The van der Waals surface area contributed by atoms with Crippen LogP contribution in [0.15, 0.2) is 54.6 Å². The van der Waals surface area contributed by atoms with Crippen molar-refractivity contribution >= 4 is 23.2 Å². The molecule has 0 aliphatic carbocycles. The van der Waals surface area contributed by atoms with Crippen LogP contribution in [0.4, 0.5) is 0 Å². The van der Waals surface area contributed by atoms with Gasteiger partial charge in [0.15, 0.2) is 0 Å². The molecule has 0 radical (unpaired) electrons. The fraction of sp³-hybridized carbons (Fsp3) is 0.370. The summed E-state index contributed by atoms with van der Waals surface area (Å²) in [6.45, 7) is 6.88. The first-order valence-electron chi connectivity index (χ1n) is 11.5. The molecular formula is C27H31N3O4. The highest BCUT2D eigenvalue weighted by Crippen LogP contribution is 2.34. The first kappa shape index (κ1) is 23.5. The van der Waals surface area contributed by atoms with E-state index in [4.69, 9.17) is 14.5 Å². The number of nitrogens with one attached hydrogen (secondary N) is 1. The number of carbonyl (C=O) groups is 2. The van der Waals surface area contributed by atoms with Crippen molar-refractivity contribution in [2.75, 3.05) is 20.2 Å². The molecule has 2 aromatic carbocycles. The van der Waals surface area contributed by atoms with Gasteiger partial charge >= 0.3 is 0 Å². The van der Waals surface area contributed by atoms with Crippen LogP contribution in [0.3, 0.4) is 0 Å². The number of amides is 2. The van der Waals surface area contributed by atoms with Crippen molar-refractivity contribution in [3.05, 3.63) is 54.6 Å². The van der Waals surface area contributed by atoms with Gasteiger partial charge in [0.1, 0.15) is 23.6 Å². The van der Waals surface area contributed by atoms with E-state index < -0.39 is 6.04 Å². The molecule has 1 aliphatic heterocycles. The highest BCUT2D eigenvalue weighted by atomic mass is 16.5. The van der Waals surface area contributed by atoms with E-state index in [1.54, 1.807) is 12.0 Å². The number of nitrogens with zero attached hydrogens (tertiary/aromatic N) is 2. The minimum absolute atomic E-state index is 0.0833. The Labute approximate surface area is 200 Å². The lowest BCUT2D eigenvalue weighted by molar-refractivity contribution is -0.136. The van der Waals surface area contributed by atoms with Gasteiger partial charge in [0.2, 0.25) is 12.3 Å². The zero-order valence-corrected chi connectivity index (χ0v) is 20.1. The Balaban J connectivity index is 1.60. The predicted octanol–water partition coefficient (Wildman–Crippen LogP) is 4.05. The van der Waals surface area contributed by atoms with Crippen LogP contribution in [0.5, 0.6) is 11.5 Å². The van der Waals surface area contributed by atoms with Crippen LogP contribution in [-0.4, -0.2) is 54.5 Å². The maximum absolute atomic E-state index is 13.1. The summed E-state index contributed by atoms with van der Waals surface area (Å²) < 4.78 is 11.9. The number of benzene rings is 2. The Morgan fingerprint density at radius 2 is 1.94 bits per heavy atom. The van der Waals surface area contributed by atoms with Crippen LogP contribution in [0.2, 0.25) is 0 Å². The molecule has 1 aromatic heterocycles. The lowest BCUT2D eigenvalue weighted by Gasteiger charge is -2.32. The number of fused-ring (bicyclic) bond motifs is 1. The Morgan fingerprint density at radius 1 is 1.18 bits per heavy atom. The third-order valence-electron chi connectivity index (χ3n) is 6.15. The van der Waals surface area contributed by atoms with Gasteiger partial charge in [0.25, 0.3) is 0 Å². The summed E-state index contributed by atoms with van der Waals surface area (Å²) in [6, 6.07) is 17.1. The maximum Gasteiger partial charge on any atom is 0.245 e. The number of ether oxygens (including phenoxy) is 2. The number of pyridine rings is 1. The summed E-state index contributed by atoms with van der Waals surface area (Å²) in [7, 11) is 1.63. The van der Waals surface area contributed by atoms with E-state index in [1.807, 2.05) is 75.4 Å². The monoisotopic (exact) mass is 461 g/mol. The Bertz CT molecular complexity index is 1170. The molecular weight excluding hydrogens is 430 g/mol. The molecule has 1 N–H and O–H groups in total. The van der Waals surface area contributed by atoms with Gasteiger partial charge in [-0.25, -0.2) is 4.98 Å². The molecule has 7 heteroatoms. The molecule has 34 heavy (non-hydrogen) atoms. The van der Waals surface area contributed by atoms with Gasteiger partial charge in [-0.1, -0.05) is 51.1 Å². The molecule has 1 fully saturated rings. The number of rotatable bonds is 7. The SMILES string of the molecule is COc1ccc2c(OC3CCN(C(=O)[C@@H](NC=O)C(C)(C)C)C3)cc(-c3ccccc3)nc2c1. The zero-order chi connectivity index (χ0) is 24.3. The average Bonchev–Trinajstić information content (AvgIpc) is 3.30. The van der Waals surface area contributed by atoms with Crippen molar-refractivity contribution in [1.29, 1.82) is 0 Å². The van der Waals surface area contributed by atoms with Crippen molar-refractivity contribution in [2.24, 2.45) is 5.41 Å². The van der Waals surface area contributed by atoms with Gasteiger partial charge in [-0.05, 0) is 17.5 Å². The fourth-order valence-corrected chi connectivity index (χ4v) is 4.30. The molecule has 7 nitrogen and oxygen atoms in total. The zero-order valence-electron chi connectivity index (χ0n) is 20.1. The Kier molecular flexibility index (Phi) is 6.72. The topological polar surface area (TPSA) is 80.8 Å². The Hall–Kier alpha value is -3.61. The number of likely N-dealkylation sites (tertiary alicyclic amines) is 1. The van der Waals surface area contributed by atoms with E-state index in [0.29, 0.717) is 25.9 Å². The van der Waals surface area contributed by atoms with Crippen LogP contribution in [0, 0.1) is 5.41 Å². The van der Waals surface area contributed by atoms with Crippen molar-refractivity contribution < 1.29 is 19.1 Å². The third kappa shape index (κ3) is 4.98. The molecule has 1 aliphatic rings. The summed E-state index contributed by atoms with van der Waals surface area (Å²) in [5, 5.41) is 3.58. The van der Waals surface area contributed by atoms with E-state index >= 15 is 0 Å². The first-order chi connectivity index (χ1) is 16.3. The van der Waals surface area contributed by atoms with Crippen LogP contribution < -0.4 is 14.8 Å². The summed E-state index contributed by atoms with van der Waals surface area (Å²) in [6.07, 6.45) is 1.15. The molecule has 2 amide bonds. The quantitative estimate of drug-likeness (QED) is 0.537. The van der Waals surface area contributed by atoms with Crippen molar-refractivity contribution in [3.63, 3.8) is 0 Å². The normalized spacial score (nSPS) is 16.8. The van der Waals surface area contributed by atoms with Crippen molar-refractivity contribution in [2.45, 2.75) is 39.3 Å². The molecule has 3 aromatic rings. The minimum atomic E-state index is -0.581. The Morgan fingerprint density at radius 3 is 2.62 bits per heavy atom. The predicted molar refractivity (Wildman–Crippen MR) is 132 cm³/mol. The maximum atomic E-state index is 13.1. The first-order valence-corrected chi connectivity index (χ1v) is 11.5. The molecule has 0 spiro atoms. The third-order valence-corrected chi connectivity index (χ3v) is 6.15.